The minimum absolute atomic E-state index is 0.311. The molecule has 1 atom stereocenters. The maximum atomic E-state index is 10.9. The van der Waals surface area contributed by atoms with Crippen LogP contribution in [0.5, 0.6) is 0 Å². The van der Waals surface area contributed by atoms with Gasteiger partial charge in [0.15, 0.2) is 6.04 Å². The summed E-state index contributed by atoms with van der Waals surface area (Å²) in [6.45, 7) is 5.08. The molecule has 0 rings (SSSR count). The lowest BCUT2D eigenvalue weighted by Gasteiger charge is -2.23. The van der Waals surface area contributed by atoms with E-state index >= 15 is 0 Å². The smallest absolute Gasteiger partial charge is 0.328 e. The Hall–Kier alpha value is -1.69. The third-order valence-corrected chi connectivity index (χ3v) is 1.57. The summed E-state index contributed by atoms with van der Waals surface area (Å²) < 4.78 is 0. The number of hydroxylamine groups is 1. The van der Waals surface area contributed by atoms with Crippen molar-refractivity contribution in [3.63, 3.8) is 0 Å². The van der Waals surface area contributed by atoms with E-state index in [9.17, 15) is 14.4 Å². The molecule has 0 aliphatic rings. The molecule has 1 amide bonds. The van der Waals surface area contributed by atoms with Gasteiger partial charge in [-0.05, 0) is 20.8 Å². The molecule has 96 valence electrons. The first-order chi connectivity index (χ1) is 7.67. The number of carboxylic acids is 1. The van der Waals surface area contributed by atoms with Gasteiger partial charge in [-0.15, -0.1) is 0 Å². The van der Waals surface area contributed by atoms with Gasteiger partial charge >= 0.3 is 5.97 Å². The summed E-state index contributed by atoms with van der Waals surface area (Å²) in [5, 5.41) is 8.89. The van der Waals surface area contributed by atoms with Crippen LogP contribution in [-0.2, 0) is 19.2 Å². The molecule has 7 heteroatoms. The molecule has 0 fully saturated rings. The number of amides is 1. The number of aliphatic carboxylic acids is 1. The van der Waals surface area contributed by atoms with E-state index in [1.165, 1.54) is 5.94 Å². The highest BCUT2D eigenvalue weighted by Gasteiger charge is 2.26. The summed E-state index contributed by atoms with van der Waals surface area (Å²) in [6, 6.07) is -1.45. The van der Waals surface area contributed by atoms with Gasteiger partial charge in [-0.2, -0.15) is 5.48 Å². The van der Waals surface area contributed by atoms with Gasteiger partial charge < -0.3 is 10.8 Å². The standard InChI is InChI=1S/C10H16N2O5/c1-10(2,3)17-12-8(9(15)16)6(5-13)4-7(11)14/h8,12H,4H2,1-3H3,(H2,11,14)(H,15,16)/t8-/m0/s1. The predicted molar refractivity (Wildman–Crippen MR) is 58.4 cm³/mol. The van der Waals surface area contributed by atoms with Crippen LogP contribution in [0.2, 0.25) is 0 Å². The summed E-state index contributed by atoms with van der Waals surface area (Å²) in [5.41, 5.74) is 6.14. The average molecular weight is 244 g/mol. The summed E-state index contributed by atoms with van der Waals surface area (Å²) in [4.78, 5) is 37.2. The van der Waals surface area contributed by atoms with E-state index < -0.39 is 29.9 Å². The summed E-state index contributed by atoms with van der Waals surface area (Å²) in [6.07, 6.45) is -0.485. The minimum atomic E-state index is -1.45. The Labute approximate surface area is 98.6 Å². The second kappa shape index (κ2) is 6.15. The van der Waals surface area contributed by atoms with Gasteiger partial charge in [-0.3, -0.25) is 14.4 Å². The fraction of sp³-hybridized carbons (Fsp3) is 0.600. The number of hydrogen-bond donors (Lipinski definition) is 3. The van der Waals surface area contributed by atoms with Gasteiger partial charge in [-0.1, -0.05) is 0 Å². The molecule has 0 aromatic carbocycles. The van der Waals surface area contributed by atoms with Gasteiger partial charge in [-0.25, -0.2) is 4.79 Å². The first-order valence-corrected chi connectivity index (χ1v) is 4.86. The number of rotatable bonds is 6. The van der Waals surface area contributed by atoms with E-state index in [2.05, 4.69) is 5.48 Å². The quantitative estimate of drug-likeness (QED) is 0.423. The Balaban J connectivity index is 4.79. The maximum Gasteiger partial charge on any atom is 0.328 e. The Morgan fingerprint density at radius 3 is 2.29 bits per heavy atom. The maximum absolute atomic E-state index is 10.9. The lowest BCUT2D eigenvalue weighted by Crippen LogP contribution is -2.43. The number of carbonyl (C=O) groups is 2. The molecule has 0 heterocycles. The number of nitrogens with one attached hydrogen (secondary N) is 1. The number of carbonyl (C=O) groups excluding carboxylic acids is 2. The van der Waals surface area contributed by atoms with Crippen molar-refractivity contribution in [2.24, 2.45) is 5.73 Å². The minimum Gasteiger partial charge on any atom is -0.480 e. The molecule has 0 unspecified atom stereocenters. The number of carboxylic acid groups (broad SMARTS) is 1. The molecule has 0 bridgehead atoms. The third-order valence-electron chi connectivity index (χ3n) is 1.57. The van der Waals surface area contributed by atoms with E-state index in [1.54, 1.807) is 20.8 Å². The van der Waals surface area contributed by atoms with E-state index in [0.29, 0.717) is 0 Å². The topological polar surface area (TPSA) is 119 Å². The van der Waals surface area contributed by atoms with E-state index in [1.807, 2.05) is 0 Å². The molecule has 0 radical (unpaired) electrons. The number of nitrogens with two attached hydrogens (primary N) is 1. The third kappa shape index (κ3) is 6.47. The van der Waals surface area contributed by atoms with Gasteiger partial charge in [0, 0.05) is 0 Å². The Kier molecular flexibility index (Phi) is 5.53. The first kappa shape index (κ1) is 15.3. The van der Waals surface area contributed by atoms with Crippen LogP contribution in [0.3, 0.4) is 0 Å². The van der Waals surface area contributed by atoms with Crippen LogP contribution in [-0.4, -0.2) is 34.6 Å². The molecule has 7 nitrogen and oxygen atoms in total. The van der Waals surface area contributed by atoms with Crippen molar-refractivity contribution in [2.45, 2.75) is 38.8 Å². The van der Waals surface area contributed by atoms with Crippen LogP contribution in [0.15, 0.2) is 5.57 Å². The zero-order chi connectivity index (χ0) is 13.6. The van der Waals surface area contributed by atoms with Crippen LogP contribution >= 0.6 is 0 Å². The molecule has 0 saturated carbocycles. The normalized spacial score (nSPS) is 12.6. The van der Waals surface area contributed by atoms with Crippen molar-refractivity contribution in [3.05, 3.63) is 5.57 Å². The largest absolute Gasteiger partial charge is 0.480 e. The van der Waals surface area contributed by atoms with Crippen molar-refractivity contribution >= 4 is 17.8 Å². The van der Waals surface area contributed by atoms with Gasteiger partial charge in [0.1, 0.15) is 5.94 Å². The SMILES string of the molecule is CC(C)(C)ON[C@H](C(=O)O)C(=C=O)CC(N)=O. The van der Waals surface area contributed by atoms with Crippen LogP contribution in [0, 0.1) is 0 Å². The zero-order valence-corrected chi connectivity index (χ0v) is 9.94. The van der Waals surface area contributed by atoms with E-state index in [0.717, 1.165) is 0 Å². The monoisotopic (exact) mass is 244 g/mol. The molecule has 17 heavy (non-hydrogen) atoms. The second-order valence-electron chi connectivity index (χ2n) is 4.37. The molecule has 0 aliphatic heterocycles. The highest BCUT2D eigenvalue weighted by atomic mass is 16.7. The highest BCUT2D eigenvalue weighted by Crippen LogP contribution is 2.09. The van der Waals surface area contributed by atoms with E-state index in [4.69, 9.17) is 15.7 Å². The van der Waals surface area contributed by atoms with Crippen LogP contribution in [0.1, 0.15) is 27.2 Å². The highest BCUT2D eigenvalue weighted by molar-refractivity contribution is 5.87. The number of primary amides is 1. The second-order valence-corrected chi connectivity index (χ2v) is 4.37. The Bertz CT molecular complexity index is 352. The fourth-order valence-electron chi connectivity index (χ4n) is 0.891. The van der Waals surface area contributed by atoms with E-state index in [-0.39, 0.29) is 5.57 Å². The average Bonchev–Trinajstić information content (AvgIpc) is 2.13. The summed E-state index contributed by atoms with van der Waals surface area (Å²) in [5.74, 6) is -0.772. The van der Waals surface area contributed by atoms with Gasteiger partial charge in [0.25, 0.3) is 0 Å². The van der Waals surface area contributed by atoms with Crippen LogP contribution < -0.4 is 11.2 Å². The van der Waals surface area contributed by atoms with Crippen molar-refractivity contribution in [3.8, 4) is 0 Å². The molecular formula is C10H16N2O5. The molecular weight excluding hydrogens is 228 g/mol. The lowest BCUT2D eigenvalue weighted by molar-refractivity contribution is -0.147. The molecule has 0 aliphatic carbocycles. The molecule has 0 spiro atoms. The molecule has 0 aromatic rings. The van der Waals surface area contributed by atoms with Crippen molar-refractivity contribution < 1.29 is 24.3 Å². The first-order valence-electron chi connectivity index (χ1n) is 4.86. The fourth-order valence-corrected chi connectivity index (χ4v) is 0.891. The molecule has 4 N–H and O–H groups in total. The van der Waals surface area contributed by atoms with Crippen LogP contribution in [0.25, 0.3) is 0 Å². The summed E-state index contributed by atoms with van der Waals surface area (Å²) in [7, 11) is 0. The molecule has 0 saturated heterocycles. The Morgan fingerprint density at radius 2 is 2.00 bits per heavy atom. The van der Waals surface area contributed by atoms with Gasteiger partial charge in [0.2, 0.25) is 5.91 Å². The molecule has 0 aromatic heterocycles. The van der Waals surface area contributed by atoms with Crippen molar-refractivity contribution in [2.75, 3.05) is 0 Å². The number of hydrogen-bond acceptors (Lipinski definition) is 5. The predicted octanol–water partition coefficient (Wildman–Crippen LogP) is -0.607. The zero-order valence-electron chi connectivity index (χ0n) is 9.94. The van der Waals surface area contributed by atoms with Crippen molar-refractivity contribution in [1.82, 2.24) is 5.48 Å². The lowest BCUT2D eigenvalue weighted by atomic mass is 10.1. The van der Waals surface area contributed by atoms with Gasteiger partial charge in [0.05, 0.1) is 17.6 Å². The Morgan fingerprint density at radius 1 is 1.47 bits per heavy atom. The summed E-state index contributed by atoms with van der Waals surface area (Å²) >= 11 is 0. The van der Waals surface area contributed by atoms with Crippen LogP contribution in [0.4, 0.5) is 0 Å². The van der Waals surface area contributed by atoms with Crippen molar-refractivity contribution in [1.29, 1.82) is 0 Å².